The predicted molar refractivity (Wildman–Crippen MR) is 83.4 cm³/mol. The van der Waals surface area contributed by atoms with Gasteiger partial charge in [0.05, 0.1) is 16.1 Å². The number of ether oxygens (including phenoxy) is 1. The molecular weight excluding hydrogens is 381 g/mol. The molecule has 0 aliphatic heterocycles. The maximum atomic E-state index is 14.0. The van der Waals surface area contributed by atoms with Gasteiger partial charge < -0.3 is 9.30 Å². The molecule has 0 aliphatic carbocycles. The van der Waals surface area contributed by atoms with Crippen LogP contribution in [0, 0.1) is 17.5 Å². The van der Waals surface area contributed by atoms with Crippen LogP contribution in [-0.2, 0) is 7.05 Å². The summed E-state index contributed by atoms with van der Waals surface area (Å²) in [5.41, 5.74) is -0.562. The smallest absolute Gasteiger partial charge is 0.387 e. The van der Waals surface area contributed by atoms with Crippen LogP contribution in [0.5, 0.6) is 5.75 Å². The standard InChI is InChI=1S/C16H9ClF5N3O/c1-25-14(7-5-8(17)11(20)6-12(7)26-16(21)22)23-24-15(25)13-9(18)3-2-4-10(13)19/h2-6,16H,1H3. The SMILES string of the molecule is Cn1c(-c2cc(Cl)c(F)cc2OC(F)F)nnc1-c1c(F)cccc1F. The number of hydrogen-bond donors (Lipinski definition) is 0. The molecule has 0 aliphatic rings. The van der Waals surface area contributed by atoms with E-state index in [1.165, 1.54) is 13.1 Å². The van der Waals surface area contributed by atoms with E-state index in [-0.39, 0.29) is 22.2 Å². The first-order valence-corrected chi connectivity index (χ1v) is 7.45. The highest BCUT2D eigenvalue weighted by Crippen LogP contribution is 2.36. The summed E-state index contributed by atoms with van der Waals surface area (Å²) in [6, 6.07) is 4.93. The summed E-state index contributed by atoms with van der Waals surface area (Å²) in [5, 5.41) is 7.09. The molecule has 0 fully saturated rings. The molecule has 10 heteroatoms. The fraction of sp³-hybridized carbons (Fsp3) is 0.125. The van der Waals surface area contributed by atoms with E-state index in [4.69, 9.17) is 11.6 Å². The average molecular weight is 390 g/mol. The van der Waals surface area contributed by atoms with Gasteiger partial charge >= 0.3 is 6.61 Å². The van der Waals surface area contributed by atoms with Crippen molar-refractivity contribution in [1.82, 2.24) is 14.8 Å². The molecule has 0 saturated heterocycles. The number of alkyl halides is 2. The number of benzene rings is 2. The third kappa shape index (κ3) is 3.22. The van der Waals surface area contributed by atoms with Crippen LogP contribution in [0.1, 0.15) is 0 Å². The Bertz CT molecular complexity index is 957. The van der Waals surface area contributed by atoms with Crippen molar-refractivity contribution >= 4 is 11.6 Å². The van der Waals surface area contributed by atoms with Gasteiger partial charge in [-0.25, -0.2) is 13.2 Å². The predicted octanol–water partition coefficient (Wildman–Crippen LogP) is 4.82. The zero-order chi connectivity index (χ0) is 19.0. The topological polar surface area (TPSA) is 39.9 Å². The third-order valence-corrected chi connectivity index (χ3v) is 3.83. The lowest BCUT2D eigenvalue weighted by atomic mass is 10.1. The Morgan fingerprint density at radius 3 is 2.23 bits per heavy atom. The van der Waals surface area contributed by atoms with Gasteiger partial charge in [0, 0.05) is 13.1 Å². The van der Waals surface area contributed by atoms with Crippen LogP contribution in [0.25, 0.3) is 22.8 Å². The maximum Gasteiger partial charge on any atom is 0.387 e. The number of nitrogens with zero attached hydrogens (tertiary/aromatic N) is 3. The van der Waals surface area contributed by atoms with Crippen LogP contribution < -0.4 is 4.74 Å². The first-order chi connectivity index (χ1) is 12.3. The number of hydrogen-bond acceptors (Lipinski definition) is 3. The Labute approximate surface area is 148 Å². The fourth-order valence-corrected chi connectivity index (χ4v) is 2.55. The summed E-state index contributed by atoms with van der Waals surface area (Å²) in [4.78, 5) is 0. The van der Waals surface area contributed by atoms with Crippen molar-refractivity contribution in [2.75, 3.05) is 0 Å². The van der Waals surface area contributed by atoms with Crippen molar-refractivity contribution in [3.8, 4) is 28.5 Å². The highest BCUT2D eigenvalue weighted by Gasteiger charge is 2.23. The van der Waals surface area contributed by atoms with Crippen LogP contribution in [0.2, 0.25) is 5.02 Å². The molecule has 2 aromatic carbocycles. The average Bonchev–Trinajstić information content (AvgIpc) is 2.92. The summed E-state index contributed by atoms with van der Waals surface area (Å²) in [7, 11) is 1.36. The lowest BCUT2D eigenvalue weighted by molar-refractivity contribution is -0.0496. The minimum Gasteiger partial charge on any atom is -0.434 e. The van der Waals surface area contributed by atoms with Gasteiger partial charge in [-0.1, -0.05) is 17.7 Å². The van der Waals surface area contributed by atoms with Crippen molar-refractivity contribution in [1.29, 1.82) is 0 Å². The van der Waals surface area contributed by atoms with Gasteiger partial charge in [0.2, 0.25) is 0 Å². The van der Waals surface area contributed by atoms with E-state index in [2.05, 4.69) is 14.9 Å². The Morgan fingerprint density at radius 1 is 1.00 bits per heavy atom. The van der Waals surface area contributed by atoms with Crippen LogP contribution in [-0.4, -0.2) is 21.4 Å². The second-order valence-corrected chi connectivity index (χ2v) is 5.55. The highest BCUT2D eigenvalue weighted by atomic mass is 35.5. The molecule has 0 unspecified atom stereocenters. The van der Waals surface area contributed by atoms with E-state index in [1.807, 2.05) is 0 Å². The maximum absolute atomic E-state index is 14.0. The van der Waals surface area contributed by atoms with Crippen molar-refractivity contribution in [2.45, 2.75) is 6.61 Å². The van der Waals surface area contributed by atoms with E-state index in [0.717, 1.165) is 22.8 Å². The number of halogens is 6. The summed E-state index contributed by atoms with van der Waals surface area (Å²) in [6.07, 6.45) is 0. The molecule has 0 N–H and O–H groups in total. The van der Waals surface area contributed by atoms with Crippen molar-refractivity contribution in [3.63, 3.8) is 0 Å². The van der Waals surface area contributed by atoms with Crippen LogP contribution in [0.4, 0.5) is 22.0 Å². The van der Waals surface area contributed by atoms with Gasteiger partial charge in [-0.15, -0.1) is 10.2 Å². The Kier molecular flexibility index (Phi) is 4.82. The van der Waals surface area contributed by atoms with Crippen molar-refractivity contribution < 1.29 is 26.7 Å². The summed E-state index contributed by atoms with van der Waals surface area (Å²) < 4.78 is 72.2. The summed E-state index contributed by atoms with van der Waals surface area (Å²) in [6.45, 7) is -3.23. The van der Waals surface area contributed by atoms with Crippen molar-refractivity contribution in [3.05, 3.63) is 52.8 Å². The fourth-order valence-electron chi connectivity index (χ4n) is 2.39. The Hall–Kier alpha value is -2.68. The van der Waals surface area contributed by atoms with Crippen LogP contribution >= 0.6 is 11.6 Å². The number of rotatable bonds is 4. The molecule has 0 radical (unpaired) electrons. The minimum atomic E-state index is -3.23. The zero-order valence-electron chi connectivity index (χ0n) is 13.0. The van der Waals surface area contributed by atoms with Gasteiger partial charge in [-0.3, -0.25) is 0 Å². The molecule has 3 rings (SSSR count). The quantitative estimate of drug-likeness (QED) is 0.601. The largest absolute Gasteiger partial charge is 0.434 e. The van der Waals surface area contributed by atoms with Crippen LogP contribution in [0.15, 0.2) is 30.3 Å². The normalized spacial score (nSPS) is 11.2. The first kappa shape index (κ1) is 18.1. The molecule has 0 saturated carbocycles. The Balaban J connectivity index is 2.18. The second-order valence-electron chi connectivity index (χ2n) is 5.14. The Morgan fingerprint density at radius 2 is 1.62 bits per heavy atom. The van der Waals surface area contributed by atoms with E-state index in [1.54, 1.807) is 0 Å². The molecule has 26 heavy (non-hydrogen) atoms. The summed E-state index contributed by atoms with van der Waals surface area (Å²) in [5.74, 6) is -3.58. The molecule has 0 bridgehead atoms. The van der Waals surface area contributed by atoms with Gasteiger partial charge in [-0.2, -0.15) is 8.78 Å². The zero-order valence-corrected chi connectivity index (χ0v) is 13.7. The van der Waals surface area contributed by atoms with Gasteiger partial charge in [0.1, 0.15) is 23.2 Å². The minimum absolute atomic E-state index is 0.0970. The molecular formula is C16H9ClF5N3O. The lowest BCUT2D eigenvalue weighted by Gasteiger charge is -2.12. The van der Waals surface area contributed by atoms with Gasteiger partial charge in [0.15, 0.2) is 11.6 Å². The first-order valence-electron chi connectivity index (χ1n) is 7.07. The van der Waals surface area contributed by atoms with Crippen LogP contribution in [0.3, 0.4) is 0 Å². The highest BCUT2D eigenvalue weighted by molar-refractivity contribution is 6.31. The van der Waals surface area contributed by atoms with E-state index in [9.17, 15) is 22.0 Å². The number of aromatic nitrogens is 3. The van der Waals surface area contributed by atoms with E-state index >= 15 is 0 Å². The lowest BCUT2D eigenvalue weighted by Crippen LogP contribution is -2.06. The molecule has 1 heterocycles. The third-order valence-electron chi connectivity index (χ3n) is 3.54. The molecule has 0 spiro atoms. The molecule has 1 aromatic heterocycles. The van der Waals surface area contributed by atoms with Crippen molar-refractivity contribution in [2.24, 2.45) is 7.05 Å². The molecule has 4 nitrogen and oxygen atoms in total. The molecule has 3 aromatic rings. The van der Waals surface area contributed by atoms with Gasteiger partial charge in [0.25, 0.3) is 0 Å². The van der Waals surface area contributed by atoms with Gasteiger partial charge in [-0.05, 0) is 18.2 Å². The second kappa shape index (κ2) is 6.91. The molecule has 136 valence electrons. The monoisotopic (exact) mass is 389 g/mol. The summed E-state index contributed by atoms with van der Waals surface area (Å²) >= 11 is 5.70. The molecule has 0 amide bonds. The molecule has 0 atom stereocenters. The van der Waals surface area contributed by atoms with E-state index < -0.39 is 35.4 Å². The van der Waals surface area contributed by atoms with E-state index in [0.29, 0.717) is 6.07 Å².